The largest absolute Gasteiger partial charge is 0.383 e. The minimum absolute atomic E-state index is 0.0704. The molecule has 0 bridgehead atoms. The van der Waals surface area contributed by atoms with Crippen molar-refractivity contribution in [3.63, 3.8) is 0 Å². The van der Waals surface area contributed by atoms with Crippen LogP contribution < -0.4 is 5.73 Å². The monoisotopic (exact) mass is 253 g/mol. The average molecular weight is 254 g/mol. The topological polar surface area (TPSA) is 43.8 Å². The molecule has 0 saturated carbocycles. The normalized spacial score (nSPS) is 11.1. The Kier molecular flexibility index (Phi) is 3.07. The highest BCUT2D eigenvalue weighted by Crippen LogP contribution is 2.31. The first-order valence-electron chi connectivity index (χ1n) is 5.29. The predicted molar refractivity (Wildman–Crippen MR) is 67.4 cm³/mol. The van der Waals surface area contributed by atoms with Gasteiger partial charge in [0, 0.05) is 11.6 Å². The van der Waals surface area contributed by atoms with E-state index in [1.54, 1.807) is 23.0 Å². The van der Waals surface area contributed by atoms with Crippen LogP contribution >= 0.6 is 11.6 Å². The summed E-state index contributed by atoms with van der Waals surface area (Å²) in [5, 5.41) is 0.0704. The molecule has 1 heterocycles. The number of anilines is 1. The number of halogens is 2. The quantitative estimate of drug-likeness (QED) is 0.890. The maximum Gasteiger partial charge on any atom is 0.151 e. The molecular weight excluding hydrogens is 241 g/mol. The van der Waals surface area contributed by atoms with E-state index in [2.05, 4.69) is 4.98 Å². The van der Waals surface area contributed by atoms with Crippen LogP contribution in [0.3, 0.4) is 0 Å². The van der Waals surface area contributed by atoms with E-state index >= 15 is 0 Å². The molecule has 0 saturated heterocycles. The second kappa shape index (κ2) is 4.37. The lowest BCUT2D eigenvalue weighted by Gasteiger charge is -2.09. The van der Waals surface area contributed by atoms with Gasteiger partial charge in [0.1, 0.15) is 11.5 Å². The van der Waals surface area contributed by atoms with Gasteiger partial charge in [0.2, 0.25) is 0 Å². The van der Waals surface area contributed by atoms with Crippen LogP contribution in [0.25, 0.3) is 11.3 Å². The Morgan fingerprint density at radius 3 is 2.71 bits per heavy atom. The third kappa shape index (κ3) is 2.00. The lowest BCUT2D eigenvalue weighted by Crippen LogP contribution is -2.04. The van der Waals surface area contributed by atoms with Gasteiger partial charge in [-0.1, -0.05) is 17.7 Å². The number of nitrogens with two attached hydrogens (primary N) is 1. The van der Waals surface area contributed by atoms with Crippen molar-refractivity contribution in [2.24, 2.45) is 0 Å². The van der Waals surface area contributed by atoms with Crippen molar-refractivity contribution in [1.82, 2.24) is 9.55 Å². The summed E-state index contributed by atoms with van der Waals surface area (Å²) >= 11 is 5.74. The second-order valence-electron chi connectivity index (χ2n) is 4.08. The molecule has 2 aromatic rings. The molecule has 0 amide bonds. The van der Waals surface area contributed by atoms with Gasteiger partial charge in [0.15, 0.2) is 5.82 Å². The average Bonchev–Trinajstić information content (AvgIpc) is 2.64. The molecule has 1 aromatic heterocycles. The molecule has 1 aromatic carbocycles. The van der Waals surface area contributed by atoms with Crippen molar-refractivity contribution in [1.29, 1.82) is 0 Å². The summed E-state index contributed by atoms with van der Waals surface area (Å²) < 4.78 is 15.6. The highest BCUT2D eigenvalue weighted by molar-refractivity contribution is 6.31. The summed E-state index contributed by atoms with van der Waals surface area (Å²) in [6.45, 7) is 3.96. The van der Waals surface area contributed by atoms with Crippen LogP contribution in [0.1, 0.15) is 19.9 Å². The van der Waals surface area contributed by atoms with E-state index < -0.39 is 5.82 Å². The molecule has 0 aliphatic heterocycles. The van der Waals surface area contributed by atoms with E-state index in [-0.39, 0.29) is 11.1 Å². The third-order valence-electron chi connectivity index (χ3n) is 2.60. The van der Waals surface area contributed by atoms with Crippen LogP contribution in [0, 0.1) is 5.82 Å². The molecule has 0 atom stereocenters. The van der Waals surface area contributed by atoms with Crippen molar-refractivity contribution in [2.45, 2.75) is 19.9 Å². The maximum absolute atomic E-state index is 13.8. The molecule has 2 N–H and O–H groups in total. The molecule has 0 radical (unpaired) electrons. The molecule has 3 nitrogen and oxygen atoms in total. The number of hydrogen-bond donors (Lipinski definition) is 1. The Morgan fingerprint density at radius 2 is 2.12 bits per heavy atom. The second-order valence-corrected chi connectivity index (χ2v) is 4.49. The van der Waals surface area contributed by atoms with Crippen molar-refractivity contribution in [3.05, 3.63) is 35.4 Å². The van der Waals surface area contributed by atoms with E-state index in [9.17, 15) is 4.39 Å². The Morgan fingerprint density at radius 1 is 1.41 bits per heavy atom. The summed E-state index contributed by atoms with van der Waals surface area (Å²) in [5.74, 6) is -0.0453. The molecule has 0 spiro atoms. The van der Waals surface area contributed by atoms with Gasteiger partial charge in [0.05, 0.1) is 11.3 Å². The molecule has 0 fully saturated rings. The molecule has 2 rings (SSSR count). The molecule has 90 valence electrons. The van der Waals surface area contributed by atoms with E-state index in [1.165, 1.54) is 6.07 Å². The molecule has 0 unspecified atom stereocenters. The highest BCUT2D eigenvalue weighted by atomic mass is 35.5. The van der Waals surface area contributed by atoms with Crippen molar-refractivity contribution >= 4 is 17.4 Å². The number of nitrogen functional groups attached to an aromatic ring is 1. The van der Waals surface area contributed by atoms with Crippen molar-refractivity contribution in [2.75, 3.05) is 5.73 Å². The zero-order valence-electron chi connectivity index (χ0n) is 9.61. The molecular formula is C12H13ClFN3. The van der Waals surface area contributed by atoms with Gasteiger partial charge in [-0.25, -0.2) is 9.37 Å². The van der Waals surface area contributed by atoms with E-state index in [1.807, 2.05) is 13.8 Å². The Bertz CT molecular complexity index is 549. The van der Waals surface area contributed by atoms with Gasteiger partial charge in [-0.05, 0) is 26.0 Å². The van der Waals surface area contributed by atoms with E-state index in [4.69, 9.17) is 17.3 Å². The first-order valence-corrected chi connectivity index (χ1v) is 5.67. The van der Waals surface area contributed by atoms with Crippen LogP contribution in [0.5, 0.6) is 0 Å². The van der Waals surface area contributed by atoms with Crippen LogP contribution in [-0.2, 0) is 0 Å². The number of benzene rings is 1. The Balaban J connectivity index is 2.58. The van der Waals surface area contributed by atoms with Gasteiger partial charge in [-0.3, -0.25) is 0 Å². The molecule has 17 heavy (non-hydrogen) atoms. The lowest BCUT2D eigenvalue weighted by molar-refractivity contribution is 0.607. The fourth-order valence-corrected chi connectivity index (χ4v) is 1.85. The molecule has 5 heteroatoms. The smallest absolute Gasteiger partial charge is 0.151 e. The molecule has 0 aliphatic carbocycles. The van der Waals surface area contributed by atoms with Gasteiger partial charge in [-0.15, -0.1) is 0 Å². The fourth-order valence-electron chi connectivity index (χ4n) is 1.68. The summed E-state index contributed by atoms with van der Waals surface area (Å²) in [5.41, 5.74) is 6.70. The molecule has 0 aliphatic rings. The van der Waals surface area contributed by atoms with E-state index in [0.29, 0.717) is 17.1 Å². The number of imidazole rings is 1. The minimum Gasteiger partial charge on any atom is -0.383 e. The zero-order valence-corrected chi connectivity index (χ0v) is 10.4. The van der Waals surface area contributed by atoms with Crippen molar-refractivity contribution in [3.8, 4) is 11.3 Å². The van der Waals surface area contributed by atoms with Crippen LogP contribution in [-0.4, -0.2) is 9.55 Å². The van der Waals surface area contributed by atoms with Gasteiger partial charge in [-0.2, -0.15) is 0 Å². The van der Waals surface area contributed by atoms with Crippen LogP contribution in [0.2, 0.25) is 5.02 Å². The van der Waals surface area contributed by atoms with Gasteiger partial charge >= 0.3 is 0 Å². The number of rotatable bonds is 2. The lowest BCUT2D eigenvalue weighted by atomic mass is 10.1. The summed E-state index contributed by atoms with van der Waals surface area (Å²) in [7, 11) is 0. The van der Waals surface area contributed by atoms with Gasteiger partial charge in [0.25, 0.3) is 0 Å². The van der Waals surface area contributed by atoms with E-state index in [0.717, 1.165) is 0 Å². The Hall–Kier alpha value is -1.55. The first kappa shape index (κ1) is 11.9. The number of hydrogen-bond acceptors (Lipinski definition) is 2. The summed E-state index contributed by atoms with van der Waals surface area (Å²) in [6, 6.07) is 4.97. The first-order chi connectivity index (χ1) is 8.02. The fraction of sp³-hybridized carbons (Fsp3) is 0.250. The minimum atomic E-state index is -0.491. The Labute approximate surface area is 104 Å². The predicted octanol–water partition coefficient (Wildman–Crippen LogP) is 3.51. The van der Waals surface area contributed by atoms with Crippen molar-refractivity contribution < 1.29 is 4.39 Å². The summed E-state index contributed by atoms with van der Waals surface area (Å²) in [6.07, 6.45) is 1.61. The number of nitrogens with zero attached hydrogens (tertiary/aromatic N) is 2. The zero-order chi connectivity index (χ0) is 12.6. The maximum atomic E-state index is 13.8. The third-order valence-corrected chi connectivity index (χ3v) is 2.89. The number of aromatic nitrogens is 2. The summed E-state index contributed by atoms with van der Waals surface area (Å²) in [4.78, 5) is 4.15. The SMILES string of the molecule is CC(C)n1cnc(-c2cccc(Cl)c2F)c1N. The van der Waals surface area contributed by atoms with Gasteiger partial charge < -0.3 is 10.3 Å². The van der Waals surface area contributed by atoms with Crippen LogP contribution in [0.4, 0.5) is 10.2 Å². The highest BCUT2D eigenvalue weighted by Gasteiger charge is 2.16. The van der Waals surface area contributed by atoms with Crippen LogP contribution in [0.15, 0.2) is 24.5 Å². The standard InChI is InChI=1S/C12H13ClFN3/c1-7(2)17-6-16-11(12(17)15)8-4-3-5-9(13)10(8)14/h3-7H,15H2,1-2H3.